The van der Waals surface area contributed by atoms with Gasteiger partial charge in [-0.3, -0.25) is 4.79 Å². The van der Waals surface area contributed by atoms with Crippen LogP contribution in [0, 0.1) is 0 Å². The van der Waals surface area contributed by atoms with Crippen LogP contribution in [0.3, 0.4) is 0 Å². The van der Waals surface area contributed by atoms with Gasteiger partial charge in [-0.05, 0) is 18.4 Å². The SMILES string of the molecule is CC(Cc1cccs1)N(C)C(=O)CC1CS(=O)(=O)CCN1. The van der Waals surface area contributed by atoms with Crippen molar-refractivity contribution in [2.24, 2.45) is 0 Å². The summed E-state index contributed by atoms with van der Waals surface area (Å²) in [5.74, 6) is 0.224. The fourth-order valence-electron chi connectivity index (χ4n) is 2.46. The largest absolute Gasteiger partial charge is 0.343 e. The van der Waals surface area contributed by atoms with Crippen molar-refractivity contribution in [1.82, 2.24) is 10.2 Å². The average molecular weight is 330 g/mol. The van der Waals surface area contributed by atoms with Crippen molar-refractivity contribution < 1.29 is 13.2 Å². The van der Waals surface area contributed by atoms with Gasteiger partial charge in [0.15, 0.2) is 9.84 Å². The minimum absolute atomic E-state index is 0.00587. The van der Waals surface area contributed by atoms with Crippen LogP contribution >= 0.6 is 11.3 Å². The van der Waals surface area contributed by atoms with Gasteiger partial charge in [-0.1, -0.05) is 6.07 Å². The van der Waals surface area contributed by atoms with Gasteiger partial charge in [0.25, 0.3) is 0 Å². The van der Waals surface area contributed by atoms with Gasteiger partial charge in [-0.15, -0.1) is 11.3 Å². The molecule has 0 aliphatic carbocycles. The molecule has 0 bridgehead atoms. The second-order valence-electron chi connectivity index (χ2n) is 5.61. The molecule has 2 rings (SSSR count). The average Bonchev–Trinajstić information content (AvgIpc) is 2.89. The van der Waals surface area contributed by atoms with Crippen LogP contribution in [0.4, 0.5) is 0 Å². The van der Waals surface area contributed by atoms with E-state index in [-0.39, 0.29) is 35.9 Å². The molecule has 1 saturated heterocycles. The van der Waals surface area contributed by atoms with E-state index in [2.05, 4.69) is 11.4 Å². The van der Waals surface area contributed by atoms with Crippen LogP contribution in [0.5, 0.6) is 0 Å². The molecule has 0 aromatic carbocycles. The Morgan fingerprint density at radius 3 is 2.95 bits per heavy atom. The first-order chi connectivity index (χ1) is 9.87. The fraction of sp³-hybridized carbons (Fsp3) is 0.643. The molecule has 0 radical (unpaired) electrons. The Hall–Kier alpha value is -0.920. The Bertz CT molecular complexity index is 569. The number of likely N-dealkylation sites (N-methyl/N-ethyl adjacent to an activating group) is 1. The second kappa shape index (κ2) is 6.89. The lowest BCUT2D eigenvalue weighted by Gasteiger charge is -2.28. The van der Waals surface area contributed by atoms with Crippen LogP contribution in [-0.4, -0.2) is 56.4 Å². The summed E-state index contributed by atoms with van der Waals surface area (Å²) in [6.45, 7) is 2.46. The van der Waals surface area contributed by atoms with Crippen LogP contribution in [0.25, 0.3) is 0 Å². The van der Waals surface area contributed by atoms with Crippen molar-refractivity contribution in [3.63, 3.8) is 0 Å². The van der Waals surface area contributed by atoms with Crippen LogP contribution in [0.1, 0.15) is 18.2 Å². The summed E-state index contributed by atoms with van der Waals surface area (Å²) in [7, 11) is -1.21. The maximum absolute atomic E-state index is 12.3. The van der Waals surface area contributed by atoms with Crippen LogP contribution in [0.2, 0.25) is 0 Å². The van der Waals surface area contributed by atoms with Gasteiger partial charge in [0.1, 0.15) is 0 Å². The van der Waals surface area contributed by atoms with E-state index < -0.39 is 9.84 Å². The molecule has 1 N–H and O–H groups in total. The molecule has 2 heterocycles. The lowest BCUT2D eigenvalue weighted by molar-refractivity contribution is -0.132. The zero-order valence-corrected chi connectivity index (χ0v) is 14.0. The number of nitrogens with zero attached hydrogens (tertiary/aromatic N) is 1. The summed E-state index contributed by atoms with van der Waals surface area (Å²) in [5, 5.41) is 5.15. The van der Waals surface area contributed by atoms with Crippen LogP contribution in [0.15, 0.2) is 17.5 Å². The number of sulfone groups is 1. The van der Waals surface area contributed by atoms with Crippen molar-refractivity contribution in [3.8, 4) is 0 Å². The third-order valence-electron chi connectivity index (χ3n) is 3.85. The van der Waals surface area contributed by atoms with E-state index in [0.717, 1.165) is 6.42 Å². The number of nitrogens with one attached hydrogen (secondary N) is 1. The Balaban J connectivity index is 1.87. The van der Waals surface area contributed by atoms with Crippen LogP contribution in [-0.2, 0) is 21.1 Å². The van der Waals surface area contributed by atoms with Gasteiger partial charge in [-0.2, -0.15) is 0 Å². The Labute approximate surface area is 130 Å². The van der Waals surface area contributed by atoms with E-state index in [1.165, 1.54) is 4.88 Å². The topological polar surface area (TPSA) is 66.5 Å². The number of carbonyl (C=O) groups excluding carboxylic acids is 1. The second-order valence-corrected chi connectivity index (χ2v) is 8.87. The number of carbonyl (C=O) groups is 1. The molecular formula is C14H22N2O3S2. The Morgan fingerprint density at radius 2 is 2.33 bits per heavy atom. The first kappa shape index (κ1) is 16.5. The molecule has 1 amide bonds. The molecule has 0 spiro atoms. The van der Waals surface area contributed by atoms with Gasteiger partial charge in [0, 0.05) is 43.4 Å². The highest BCUT2D eigenvalue weighted by Crippen LogP contribution is 2.15. The summed E-state index contributed by atoms with van der Waals surface area (Å²) in [6.07, 6.45) is 1.07. The predicted molar refractivity (Wildman–Crippen MR) is 85.3 cm³/mol. The lowest BCUT2D eigenvalue weighted by Crippen LogP contribution is -2.48. The van der Waals surface area contributed by atoms with E-state index >= 15 is 0 Å². The summed E-state index contributed by atoms with van der Waals surface area (Å²) in [6, 6.07) is 3.92. The molecule has 2 unspecified atom stereocenters. The highest BCUT2D eigenvalue weighted by atomic mass is 32.2. The van der Waals surface area contributed by atoms with E-state index in [9.17, 15) is 13.2 Å². The van der Waals surface area contributed by atoms with Gasteiger partial charge in [-0.25, -0.2) is 8.42 Å². The van der Waals surface area contributed by atoms with E-state index in [1.54, 1.807) is 23.3 Å². The van der Waals surface area contributed by atoms with E-state index in [1.807, 2.05) is 18.4 Å². The van der Waals surface area contributed by atoms with Crippen molar-refractivity contribution in [1.29, 1.82) is 0 Å². The summed E-state index contributed by atoms with van der Waals surface area (Å²) in [4.78, 5) is 15.3. The first-order valence-electron chi connectivity index (χ1n) is 7.09. The monoisotopic (exact) mass is 330 g/mol. The zero-order chi connectivity index (χ0) is 15.5. The third kappa shape index (κ3) is 4.79. The predicted octanol–water partition coefficient (Wildman–Crippen LogP) is 0.914. The maximum atomic E-state index is 12.3. The molecular weight excluding hydrogens is 308 g/mol. The van der Waals surface area contributed by atoms with Crippen molar-refractivity contribution in [2.45, 2.75) is 31.8 Å². The first-order valence-corrected chi connectivity index (χ1v) is 9.79. The molecule has 1 aliphatic heterocycles. The molecule has 1 aromatic rings. The molecule has 1 aromatic heterocycles. The van der Waals surface area contributed by atoms with Crippen molar-refractivity contribution >= 4 is 27.1 Å². The normalized spacial score (nSPS) is 22.7. The van der Waals surface area contributed by atoms with Gasteiger partial charge in [0.05, 0.1) is 11.5 Å². The minimum Gasteiger partial charge on any atom is -0.343 e. The Morgan fingerprint density at radius 1 is 1.57 bits per heavy atom. The van der Waals surface area contributed by atoms with E-state index in [0.29, 0.717) is 6.54 Å². The van der Waals surface area contributed by atoms with Gasteiger partial charge < -0.3 is 10.2 Å². The molecule has 7 heteroatoms. The molecule has 1 aliphatic rings. The van der Waals surface area contributed by atoms with Crippen molar-refractivity contribution in [2.75, 3.05) is 25.1 Å². The molecule has 1 fully saturated rings. The quantitative estimate of drug-likeness (QED) is 0.872. The summed E-state index contributed by atoms with van der Waals surface area (Å²) < 4.78 is 23.2. The molecule has 2 atom stereocenters. The molecule has 118 valence electrons. The van der Waals surface area contributed by atoms with Crippen molar-refractivity contribution in [3.05, 3.63) is 22.4 Å². The molecule has 5 nitrogen and oxygen atoms in total. The maximum Gasteiger partial charge on any atom is 0.224 e. The number of thiophene rings is 1. The third-order valence-corrected chi connectivity index (χ3v) is 6.49. The summed E-state index contributed by atoms with van der Waals surface area (Å²) in [5.41, 5.74) is 0. The zero-order valence-electron chi connectivity index (χ0n) is 12.4. The number of amides is 1. The van der Waals surface area contributed by atoms with Gasteiger partial charge >= 0.3 is 0 Å². The highest BCUT2D eigenvalue weighted by molar-refractivity contribution is 7.91. The lowest BCUT2D eigenvalue weighted by atomic mass is 10.1. The fourth-order valence-corrected chi connectivity index (χ4v) is 4.73. The van der Waals surface area contributed by atoms with Gasteiger partial charge in [0.2, 0.25) is 5.91 Å². The van der Waals surface area contributed by atoms with E-state index in [4.69, 9.17) is 0 Å². The number of hydrogen-bond donors (Lipinski definition) is 1. The standard InChI is InChI=1S/C14H22N2O3S2/c1-11(8-13-4-3-6-20-13)16(2)14(17)9-12-10-21(18,19)7-5-15-12/h3-4,6,11-12,15H,5,7-10H2,1-2H3. The number of hydrogen-bond acceptors (Lipinski definition) is 5. The number of rotatable bonds is 5. The van der Waals surface area contributed by atoms with Crippen LogP contribution < -0.4 is 5.32 Å². The summed E-state index contributed by atoms with van der Waals surface area (Å²) >= 11 is 1.69. The Kier molecular flexibility index (Phi) is 5.40. The smallest absolute Gasteiger partial charge is 0.224 e. The minimum atomic E-state index is -3.00. The molecule has 21 heavy (non-hydrogen) atoms. The molecule has 0 saturated carbocycles. The highest BCUT2D eigenvalue weighted by Gasteiger charge is 2.27.